The summed E-state index contributed by atoms with van der Waals surface area (Å²) in [5, 5.41) is 19.0. The molecule has 0 aliphatic carbocycles. The molecule has 0 radical (unpaired) electrons. The average Bonchev–Trinajstić information content (AvgIpc) is 2.20. The number of ether oxygens (including phenoxy) is 1. The van der Waals surface area contributed by atoms with Crippen molar-refractivity contribution in [2.75, 3.05) is 6.61 Å². The van der Waals surface area contributed by atoms with Gasteiger partial charge in [0, 0.05) is 6.42 Å². The maximum Gasteiger partial charge on any atom is 0.155 e. The zero-order valence-electron chi connectivity index (χ0n) is 8.10. The molecule has 1 heterocycles. The van der Waals surface area contributed by atoms with Crippen molar-refractivity contribution in [1.82, 2.24) is 0 Å². The molecule has 0 amide bonds. The third kappa shape index (κ3) is 1.38. The highest BCUT2D eigenvalue weighted by atomic mass is 16.5. The highest BCUT2D eigenvalue weighted by molar-refractivity contribution is 5.37. The number of hydrogen-bond donors (Lipinski definition) is 2. The van der Waals surface area contributed by atoms with Crippen molar-refractivity contribution >= 4 is 0 Å². The molecule has 14 heavy (non-hydrogen) atoms. The van der Waals surface area contributed by atoms with Crippen molar-refractivity contribution in [3.63, 3.8) is 0 Å². The second-order valence-electron chi connectivity index (χ2n) is 3.90. The van der Waals surface area contributed by atoms with Gasteiger partial charge in [0.1, 0.15) is 5.75 Å². The Hall–Kier alpha value is -1.06. The fourth-order valence-electron chi connectivity index (χ4n) is 1.65. The second-order valence-corrected chi connectivity index (χ2v) is 3.90. The van der Waals surface area contributed by atoms with E-state index in [4.69, 9.17) is 9.84 Å². The van der Waals surface area contributed by atoms with Crippen LogP contribution in [0.5, 0.6) is 5.75 Å². The van der Waals surface area contributed by atoms with Crippen LogP contribution in [0.3, 0.4) is 0 Å². The molecule has 0 spiro atoms. The molecule has 3 heteroatoms. The molecule has 3 nitrogen and oxygen atoms in total. The van der Waals surface area contributed by atoms with Crippen LogP contribution in [0.25, 0.3) is 0 Å². The predicted molar refractivity (Wildman–Crippen MR) is 52.3 cm³/mol. The molecule has 1 aliphatic rings. The lowest BCUT2D eigenvalue weighted by atomic mass is 9.90. The Morgan fingerprint density at radius 1 is 1.50 bits per heavy atom. The van der Waals surface area contributed by atoms with Gasteiger partial charge in [0.05, 0.1) is 12.7 Å². The van der Waals surface area contributed by atoms with E-state index in [1.807, 2.05) is 24.3 Å². The fraction of sp³-hybridized carbons (Fsp3) is 0.455. The van der Waals surface area contributed by atoms with E-state index in [0.29, 0.717) is 6.42 Å². The third-order valence-corrected chi connectivity index (χ3v) is 2.75. The first-order chi connectivity index (χ1) is 6.65. The Morgan fingerprint density at radius 3 is 2.93 bits per heavy atom. The highest BCUT2D eigenvalue weighted by Gasteiger charge is 2.39. The number of aliphatic hydroxyl groups is 2. The summed E-state index contributed by atoms with van der Waals surface area (Å²) in [6.45, 7) is 1.54. The van der Waals surface area contributed by atoms with Crippen LogP contribution >= 0.6 is 0 Å². The van der Waals surface area contributed by atoms with Crippen LogP contribution in [0.2, 0.25) is 0 Å². The third-order valence-electron chi connectivity index (χ3n) is 2.75. The molecule has 2 rings (SSSR count). The number of benzene rings is 1. The predicted octanol–water partition coefficient (Wildman–Crippen LogP) is 0.733. The zero-order chi connectivity index (χ0) is 10.2. The van der Waals surface area contributed by atoms with Crippen molar-refractivity contribution in [1.29, 1.82) is 0 Å². The molecule has 1 aromatic rings. The van der Waals surface area contributed by atoms with Crippen molar-refractivity contribution in [2.24, 2.45) is 0 Å². The van der Waals surface area contributed by atoms with Crippen LogP contribution < -0.4 is 4.74 Å². The van der Waals surface area contributed by atoms with Crippen LogP contribution in [0.1, 0.15) is 12.5 Å². The van der Waals surface area contributed by atoms with Crippen LogP contribution in [-0.2, 0) is 6.42 Å². The maximum absolute atomic E-state index is 9.79. The number of aliphatic hydroxyl groups excluding tert-OH is 2. The minimum absolute atomic E-state index is 0.178. The maximum atomic E-state index is 9.79. The molecule has 2 N–H and O–H groups in total. The second kappa shape index (κ2) is 3.26. The minimum Gasteiger partial charge on any atom is -0.482 e. The molecular formula is C11H14O3. The zero-order valence-corrected chi connectivity index (χ0v) is 8.10. The lowest BCUT2D eigenvalue weighted by Gasteiger charge is -2.38. The van der Waals surface area contributed by atoms with Crippen LogP contribution in [0.4, 0.5) is 0 Å². The van der Waals surface area contributed by atoms with Gasteiger partial charge in [0.15, 0.2) is 5.60 Å². The molecule has 2 atom stereocenters. The lowest BCUT2D eigenvalue weighted by molar-refractivity contribution is -0.0839. The largest absolute Gasteiger partial charge is 0.482 e. The van der Waals surface area contributed by atoms with Gasteiger partial charge in [-0.25, -0.2) is 0 Å². The van der Waals surface area contributed by atoms with Crippen molar-refractivity contribution in [3.8, 4) is 5.75 Å². The van der Waals surface area contributed by atoms with Crippen LogP contribution in [0.15, 0.2) is 24.3 Å². The van der Waals surface area contributed by atoms with E-state index in [1.54, 1.807) is 6.92 Å². The monoisotopic (exact) mass is 194 g/mol. The number of para-hydroxylation sites is 1. The average molecular weight is 194 g/mol. The SMILES string of the molecule is C[C@@]1(CO)Oc2ccccc2C[C@@H]1O. The molecule has 0 bridgehead atoms. The van der Waals surface area contributed by atoms with Crippen molar-refractivity contribution in [2.45, 2.75) is 25.0 Å². The summed E-state index contributed by atoms with van der Waals surface area (Å²) in [5.41, 5.74) is 0.125. The summed E-state index contributed by atoms with van der Waals surface area (Å²) >= 11 is 0. The fourth-order valence-corrected chi connectivity index (χ4v) is 1.65. The molecule has 0 aromatic heterocycles. The summed E-state index contributed by atoms with van der Waals surface area (Å²) in [6, 6.07) is 7.58. The summed E-state index contributed by atoms with van der Waals surface area (Å²) in [6.07, 6.45) is -0.116. The molecule has 0 unspecified atom stereocenters. The summed E-state index contributed by atoms with van der Waals surface area (Å²) < 4.78 is 5.58. The first kappa shape index (κ1) is 9.49. The van der Waals surface area contributed by atoms with Gasteiger partial charge in [0.25, 0.3) is 0 Å². The van der Waals surface area contributed by atoms with Gasteiger partial charge in [-0.1, -0.05) is 18.2 Å². The Morgan fingerprint density at radius 2 is 2.21 bits per heavy atom. The Balaban J connectivity index is 2.36. The Bertz CT molecular complexity index is 337. The molecule has 1 aromatic carbocycles. The van der Waals surface area contributed by atoms with E-state index < -0.39 is 11.7 Å². The van der Waals surface area contributed by atoms with Gasteiger partial charge in [0.2, 0.25) is 0 Å². The standard InChI is InChI=1S/C11H14O3/c1-11(7-12)10(13)6-8-4-2-3-5-9(8)14-11/h2-5,10,12-13H,6-7H2,1H3/t10-,11-/m0/s1. The molecular weight excluding hydrogens is 180 g/mol. The number of rotatable bonds is 1. The van der Waals surface area contributed by atoms with E-state index in [1.165, 1.54) is 0 Å². The molecule has 0 saturated carbocycles. The number of hydrogen-bond acceptors (Lipinski definition) is 3. The Labute approximate surface area is 83.0 Å². The van der Waals surface area contributed by atoms with E-state index >= 15 is 0 Å². The normalized spacial score (nSPS) is 30.6. The molecule has 0 saturated heterocycles. The van der Waals surface area contributed by atoms with Gasteiger partial charge in [-0.2, -0.15) is 0 Å². The first-order valence-corrected chi connectivity index (χ1v) is 4.71. The summed E-state index contributed by atoms with van der Waals surface area (Å²) in [5.74, 6) is 0.759. The molecule has 76 valence electrons. The van der Waals surface area contributed by atoms with E-state index in [0.717, 1.165) is 11.3 Å². The highest BCUT2D eigenvalue weighted by Crippen LogP contribution is 2.32. The quantitative estimate of drug-likeness (QED) is 0.693. The summed E-state index contributed by atoms with van der Waals surface area (Å²) in [7, 11) is 0. The van der Waals surface area contributed by atoms with Crippen molar-refractivity contribution in [3.05, 3.63) is 29.8 Å². The van der Waals surface area contributed by atoms with E-state index in [2.05, 4.69) is 0 Å². The smallest absolute Gasteiger partial charge is 0.155 e. The van der Waals surface area contributed by atoms with E-state index in [9.17, 15) is 5.11 Å². The van der Waals surface area contributed by atoms with Crippen molar-refractivity contribution < 1.29 is 14.9 Å². The number of fused-ring (bicyclic) bond motifs is 1. The van der Waals surface area contributed by atoms with Gasteiger partial charge >= 0.3 is 0 Å². The topological polar surface area (TPSA) is 49.7 Å². The van der Waals surface area contributed by atoms with Gasteiger partial charge < -0.3 is 14.9 Å². The lowest BCUT2D eigenvalue weighted by Crippen LogP contribution is -2.51. The van der Waals surface area contributed by atoms with Gasteiger partial charge in [-0.15, -0.1) is 0 Å². The summed E-state index contributed by atoms with van der Waals surface area (Å²) in [4.78, 5) is 0. The van der Waals surface area contributed by atoms with Gasteiger partial charge in [-0.3, -0.25) is 0 Å². The Kier molecular flexibility index (Phi) is 2.21. The molecule has 0 fully saturated rings. The van der Waals surface area contributed by atoms with Crippen LogP contribution in [0, 0.1) is 0 Å². The molecule has 1 aliphatic heterocycles. The minimum atomic E-state index is -0.867. The van der Waals surface area contributed by atoms with Crippen LogP contribution in [-0.4, -0.2) is 28.5 Å². The van der Waals surface area contributed by atoms with Gasteiger partial charge in [-0.05, 0) is 18.6 Å². The first-order valence-electron chi connectivity index (χ1n) is 4.71. The van der Waals surface area contributed by atoms with E-state index in [-0.39, 0.29) is 6.61 Å².